The van der Waals surface area contributed by atoms with E-state index in [1.165, 1.54) is 25.0 Å². The van der Waals surface area contributed by atoms with Crippen molar-refractivity contribution in [1.29, 1.82) is 0 Å². The van der Waals surface area contributed by atoms with Gasteiger partial charge in [-0.05, 0) is 33.2 Å². The molecule has 2 rings (SSSR count). The standard InChI is InChI=1S/C10H17N3/c1-8-12-7-10-5-3-4-9(6-11-2)13(8)10/h7,9,11H,3-6H2,1-2H3. The van der Waals surface area contributed by atoms with Crippen molar-refractivity contribution in [3.63, 3.8) is 0 Å². The van der Waals surface area contributed by atoms with E-state index in [2.05, 4.69) is 21.8 Å². The lowest BCUT2D eigenvalue weighted by Crippen LogP contribution is -2.27. The van der Waals surface area contributed by atoms with Gasteiger partial charge in [-0.1, -0.05) is 0 Å². The third-order valence-electron chi connectivity index (χ3n) is 2.83. The minimum Gasteiger partial charge on any atom is -0.328 e. The summed E-state index contributed by atoms with van der Waals surface area (Å²) in [4.78, 5) is 4.37. The van der Waals surface area contributed by atoms with Crippen molar-refractivity contribution in [2.75, 3.05) is 13.6 Å². The van der Waals surface area contributed by atoms with Gasteiger partial charge in [-0.15, -0.1) is 0 Å². The summed E-state index contributed by atoms with van der Waals surface area (Å²) in [5, 5.41) is 3.25. The van der Waals surface area contributed by atoms with E-state index in [1.807, 2.05) is 13.2 Å². The summed E-state index contributed by atoms with van der Waals surface area (Å²) in [6.45, 7) is 3.15. The minimum atomic E-state index is 0.622. The summed E-state index contributed by atoms with van der Waals surface area (Å²) in [5.41, 5.74) is 1.41. The number of nitrogens with zero attached hydrogens (tertiary/aromatic N) is 2. The first kappa shape index (κ1) is 8.75. The van der Waals surface area contributed by atoms with E-state index in [0.717, 1.165) is 12.4 Å². The van der Waals surface area contributed by atoms with Crippen molar-refractivity contribution in [1.82, 2.24) is 14.9 Å². The number of likely N-dealkylation sites (N-methyl/N-ethyl adjacent to an activating group) is 1. The van der Waals surface area contributed by atoms with Crippen molar-refractivity contribution in [2.45, 2.75) is 32.2 Å². The van der Waals surface area contributed by atoms with Crippen molar-refractivity contribution in [3.05, 3.63) is 17.7 Å². The molecule has 0 amide bonds. The third-order valence-corrected chi connectivity index (χ3v) is 2.83. The lowest BCUT2D eigenvalue weighted by atomic mass is 10.0. The number of fused-ring (bicyclic) bond motifs is 1. The van der Waals surface area contributed by atoms with Gasteiger partial charge in [0, 0.05) is 24.5 Å². The van der Waals surface area contributed by atoms with E-state index < -0.39 is 0 Å². The molecule has 3 nitrogen and oxygen atoms in total. The Morgan fingerprint density at radius 1 is 1.69 bits per heavy atom. The molecule has 2 heterocycles. The number of aromatic nitrogens is 2. The molecule has 72 valence electrons. The zero-order valence-corrected chi connectivity index (χ0v) is 8.38. The van der Waals surface area contributed by atoms with Crippen molar-refractivity contribution < 1.29 is 0 Å². The van der Waals surface area contributed by atoms with Gasteiger partial charge < -0.3 is 9.88 Å². The number of rotatable bonds is 2. The van der Waals surface area contributed by atoms with Crippen LogP contribution < -0.4 is 5.32 Å². The fourth-order valence-electron chi connectivity index (χ4n) is 2.26. The van der Waals surface area contributed by atoms with Gasteiger partial charge in [0.1, 0.15) is 5.82 Å². The van der Waals surface area contributed by atoms with Gasteiger partial charge in [-0.2, -0.15) is 0 Å². The molecule has 1 aromatic rings. The average molecular weight is 179 g/mol. The first-order valence-corrected chi connectivity index (χ1v) is 5.00. The maximum Gasteiger partial charge on any atom is 0.106 e. The Kier molecular flexibility index (Phi) is 2.36. The lowest BCUT2D eigenvalue weighted by molar-refractivity contribution is 0.384. The molecule has 3 heteroatoms. The van der Waals surface area contributed by atoms with Crippen molar-refractivity contribution in [3.8, 4) is 0 Å². The average Bonchev–Trinajstić information content (AvgIpc) is 2.50. The van der Waals surface area contributed by atoms with Crippen LogP contribution in [0.25, 0.3) is 0 Å². The molecule has 1 N–H and O–H groups in total. The first-order valence-electron chi connectivity index (χ1n) is 5.00. The highest BCUT2D eigenvalue weighted by Crippen LogP contribution is 2.25. The predicted octanol–water partition coefficient (Wildman–Crippen LogP) is 1.29. The van der Waals surface area contributed by atoms with Crippen LogP contribution in [-0.4, -0.2) is 23.1 Å². The lowest BCUT2D eigenvalue weighted by Gasteiger charge is -2.26. The van der Waals surface area contributed by atoms with Gasteiger partial charge in [-0.25, -0.2) is 4.98 Å². The minimum absolute atomic E-state index is 0.622. The van der Waals surface area contributed by atoms with Gasteiger partial charge in [0.2, 0.25) is 0 Å². The Balaban J connectivity index is 2.29. The van der Waals surface area contributed by atoms with Crippen molar-refractivity contribution in [2.24, 2.45) is 0 Å². The molecule has 13 heavy (non-hydrogen) atoms. The summed E-state index contributed by atoms with van der Waals surface area (Å²) in [6, 6.07) is 0.622. The molecule has 0 spiro atoms. The predicted molar refractivity (Wildman–Crippen MR) is 52.9 cm³/mol. The number of hydrogen-bond acceptors (Lipinski definition) is 2. The van der Waals surface area contributed by atoms with Crippen LogP contribution in [0, 0.1) is 6.92 Å². The summed E-state index contributed by atoms with van der Waals surface area (Å²) in [7, 11) is 2.01. The Morgan fingerprint density at radius 2 is 2.54 bits per heavy atom. The fourth-order valence-corrected chi connectivity index (χ4v) is 2.26. The molecular weight excluding hydrogens is 162 g/mol. The summed E-state index contributed by atoms with van der Waals surface area (Å²) >= 11 is 0. The molecule has 0 fully saturated rings. The maximum absolute atomic E-state index is 4.37. The van der Waals surface area contributed by atoms with Gasteiger partial charge in [0.05, 0.1) is 0 Å². The van der Waals surface area contributed by atoms with E-state index >= 15 is 0 Å². The van der Waals surface area contributed by atoms with E-state index in [9.17, 15) is 0 Å². The van der Waals surface area contributed by atoms with Crippen LogP contribution in [0.15, 0.2) is 6.20 Å². The molecule has 1 aliphatic rings. The largest absolute Gasteiger partial charge is 0.328 e. The summed E-state index contributed by atoms with van der Waals surface area (Å²) in [6.07, 6.45) is 5.81. The van der Waals surface area contributed by atoms with Crippen LogP contribution in [0.3, 0.4) is 0 Å². The number of hydrogen-bond donors (Lipinski definition) is 1. The van der Waals surface area contributed by atoms with Crippen LogP contribution in [-0.2, 0) is 6.42 Å². The second-order valence-electron chi connectivity index (χ2n) is 3.77. The number of aryl methyl sites for hydroxylation is 2. The van der Waals surface area contributed by atoms with E-state index in [-0.39, 0.29) is 0 Å². The molecule has 1 aromatic heterocycles. The normalized spacial score (nSPS) is 21.5. The monoisotopic (exact) mass is 179 g/mol. The van der Waals surface area contributed by atoms with Crippen LogP contribution in [0.1, 0.15) is 30.4 Å². The first-order chi connectivity index (χ1) is 6.33. The zero-order chi connectivity index (χ0) is 9.26. The molecule has 0 aromatic carbocycles. The van der Waals surface area contributed by atoms with Gasteiger partial charge >= 0.3 is 0 Å². The number of imidazole rings is 1. The SMILES string of the molecule is CNCC1CCCc2cnc(C)n21. The summed E-state index contributed by atoms with van der Waals surface area (Å²) < 4.78 is 2.39. The van der Waals surface area contributed by atoms with Crippen LogP contribution in [0.4, 0.5) is 0 Å². The molecular formula is C10H17N3. The molecule has 0 bridgehead atoms. The van der Waals surface area contributed by atoms with Crippen LogP contribution >= 0.6 is 0 Å². The molecule has 1 atom stereocenters. The van der Waals surface area contributed by atoms with Gasteiger partial charge in [0.25, 0.3) is 0 Å². The fraction of sp³-hybridized carbons (Fsp3) is 0.700. The second kappa shape index (κ2) is 3.50. The van der Waals surface area contributed by atoms with Crippen LogP contribution in [0.5, 0.6) is 0 Å². The molecule has 1 aliphatic heterocycles. The zero-order valence-electron chi connectivity index (χ0n) is 8.38. The number of nitrogens with one attached hydrogen (secondary N) is 1. The van der Waals surface area contributed by atoms with E-state index in [4.69, 9.17) is 0 Å². The summed E-state index contributed by atoms with van der Waals surface area (Å²) in [5.74, 6) is 1.16. The van der Waals surface area contributed by atoms with Gasteiger partial charge in [0.15, 0.2) is 0 Å². The van der Waals surface area contributed by atoms with Gasteiger partial charge in [-0.3, -0.25) is 0 Å². The molecule has 0 saturated heterocycles. The van der Waals surface area contributed by atoms with E-state index in [1.54, 1.807) is 0 Å². The highest BCUT2D eigenvalue weighted by atomic mass is 15.1. The highest BCUT2D eigenvalue weighted by Gasteiger charge is 2.20. The quantitative estimate of drug-likeness (QED) is 0.741. The molecule has 1 unspecified atom stereocenters. The third kappa shape index (κ3) is 1.48. The maximum atomic E-state index is 4.37. The Morgan fingerprint density at radius 3 is 3.31 bits per heavy atom. The Labute approximate surface area is 79.2 Å². The highest BCUT2D eigenvalue weighted by molar-refractivity contribution is 5.09. The molecule has 0 aliphatic carbocycles. The van der Waals surface area contributed by atoms with Crippen LogP contribution in [0.2, 0.25) is 0 Å². The Hall–Kier alpha value is -0.830. The smallest absolute Gasteiger partial charge is 0.106 e. The molecule has 0 saturated carbocycles. The second-order valence-corrected chi connectivity index (χ2v) is 3.77. The Bertz CT molecular complexity index is 290. The topological polar surface area (TPSA) is 29.9 Å². The van der Waals surface area contributed by atoms with Crippen molar-refractivity contribution >= 4 is 0 Å². The molecule has 0 radical (unpaired) electrons. The van der Waals surface area contributed by atoms with E-state index in [0.29, 0.717) is 6.04 Å².